The molecule has 0 amide bonds. The van der Waals surface area contributed by atoms with Gasteiger partial charge in [-0.15, -0.1) is 5.10 Å². The summed E-state index contributed by atoms with van der Waals surface area (Å²) in [5.74, 6) is 0. The summed E-state index contributed by atoms with van der Waals surface area (Å²) in [4.78, 5) is 4.11. The van der Waals surface area contributed by atoms with Gasteiger partial charge < -0.3 is 5.32 Å². The van der Waals surface area contributed by atoms with Crippen LogP contribution in [0, 0.1) is 0 Å². The summed E-state index contributed by atoms with van der Waals surface area (Å²) in [5, 5.41) is 7.34. The average Bonchev–Trinajstić information content (AvgIpc) is 2.47. The third-order valence-corrected chi connectivity index (χ3v) is 1.94. The summed E-state index contributed by atoms with van der Waals surface area (Å²) < 4.78 is 1.68. The molecule has 4 nitrogen and oxygen atoms in total. The zero-order valence-electron chi connectivity index (χ0n) is 7.16. The van der Waals surface area contributed by atoms with Crippen molar-refractivity contribution in [3.05, 3.63) is 29.2 Å². The lowest BCUT2D eigenvalue weighted by molar-refractivity contribution is 0.812. The minimum Gasteiger partial charge on any atom is -0.316 e. The minimum absolute atomic E-state index is 0.281. The zero-order valence-corrected chi connectivity index (χ0v) is 7.91. The summed E-state index contributed by atoms with van der Waals surface area (Å²) in [5.41, 5.74) is 1.89. The molecule has 0 radical (unpaired) electrons. The standard InChI is InChI=1S/C8H9ClN4/c1-10-5-6-3-2-4-13-7(6)11-8(9)12-13/h2-4,10H,5H2,1H3. The molecule has 0 saturated carbocycles. The van der Waals surface area contributed by atoms with Crippen molar-refractivity contribution in [3.63, 3.8) is 0 Å². The van der Waals surface area contributed by atoms with Gasteiger partial charge in [0.05, 0.1) is 0 Å². The lowest BCUT2D eigenvalue weighted by Crippen LogP contribution is -2.06. The second-order valence-electron chi connectivity index (χ2n) is 2.71. The fourth-order valence-electron chi connectivity index (χ4n) is 1.26. The molecule has 0 unspecified atom stereocenters. The van der Waals surface area contributed by atoms with Crippen molar-refractivity contribution in [2.45, 2.75) is 6.54 Å². The molecule has 5 heteroatoms. The monoisotopic (exact) mass is 196 g/mol. The highest BCUT2D eigenvalue weighted by Gasteiger charge is 2.04. The predicted molar refractivity (Wildman–Crippen MR) is 50.8 cm³/mol. The van der Waals surface area contributed by atoms with E-state index in [9.17, 15) is 0 Å². The summed E-state index contributed by atoms with van der Waals surface area (Å²) in [6.45, 7) is 0.763. The van der Waals surface area contributed by atoms with Crippen molar-refractivity contribution in [2.75, 3.05) is 7.05 Å². The summed E-state index contributed by atoms with van der Waals surface area (Å²) in [7, 11) is 1.89. The van der Waals surface area contributed by atoms with Crippen molar-refractivity contribution in [1.82, 2.24) is 19.9 Å². The summed E-state index contributed by atoms with van der Waals surface area (Å²) >= 11 is 5.69. The Labute approximate surface area is 80.5 Å². The van der Waals surface area contributed by atoms with Crippen molar-refractivity contribution in [3.8, 4) is 0 Å². The molecule has 0 spiro atoms. The number of hydrogen-bond donors (Lipinski definition) is 1. The molecule has 0 aliphatic carbocycles. The maximum Gasteiger partial charge on any atom is 0.243 e. The van der Waals surface area contributed by atoms with Gasteiger partial charge in [0.2, 0.25) is 5.28 Å². The first-order valence-electron chi connectivity index (χ1n) is 3.95. The van der Waals surface area contributed by atoms with Crippen LogP contribution in [0.4, 0.5) is 0 Å². The highest BCUT2D eigenvalue weighted by atomic mass is 35.5. The van der Waals surface area contributed by atoms with Gasteiger partial charge in [0.15, 0.2) is 5.65 Å². The molecule has 0 aliphatic rings. The third-order valence-electron chi connectivity index (χ3n) is 1.78. The fraction of sp³-hybridized carbons (Fsp3) is 0.250. The van der Waals surface area contributed by atoms with Gasteiger partial charge in [0.1, 0.15) is 0 Å². The van der Waals surface area contributed by atoms with Gasteiger partial charge in [-0.1, -0.05) is 6.07 Å². The van der Waals surface area contributed by atoms with Crippen LogP contribution in [0.5, 0.6) is 0 Å². The number of fused-ring (bicyclic) bond motifs is 1. The van der Waals surface area contributed by atoms with E-state index in [0.717, 1.165) is 17.8 Å². The van der Waals surface area contributed by atoms with E-state index in [1.807, 2.05) is 25.4 Å². The van der Waals surface area contributed by atoms with Gasteiger partial charge in [-0.2, -0.15) is 4.98 Å². The second kappa shape index (κ2) is 3.32. The number of nitrogens with one attached hydrogen (secondary N) is 1. The lowest BCUT2D eigenvalue weighted by Gasteiger charge is -1.99. The smallest absolute Gasteiger partial charge is 0.243 e. The molecular formula is C8H9ClN4. The SMILES string of the molecule is CNCc1cccn2nc(Cl)nc12. The molecule has 0 fully saturated rings. The number of pyridine rings is 1. The van der Waals surface area contributed by atoms with Crippen LogP contribution in [-0.2, 0) is 6.54 Å². The van der Waals surface area contributed by atoms with Crippen LogP contribution in [0.15, 0.2) is 18.3 Å². The van der Waals surface area contributed by atoms with E-state index < -0.39 is 0 Å². The summed E-state index contributed by atoms with van der Waals surface area (Å²) in [6, 6.07) is 3.92. The number of rotatable bonds is 2. The molecule has 0 aromatic carbocycles. The Morgan fingerprint density at radius 2 is 2.46 bits per heavy atom. The third kappa shape index (κ3) is 1.50. The van der Waals surface area contributed by atoms with E-state index >= 15 is 0 Å². The molecule has 0 atom stereocenters. The van der Waals surface area contributed by atoms with Gasteiger partial charge in [-0.05, 0) is 24.7 Å². The Bertz CT molecular complexity index is 423. The summed E-state index contributed by atoms with van der Waals surface area (Å²) in [6.07, 6.45) is 1.83. The van der Waals surface area contributed by atoms with Crippen LogP contribution in [0.25, 0.3) is 5.65 Å². The largest absolute Gasteiger partial charge is 0.316 e. The first kappa shape index (κ1) is 8.47. The molecule has 2 aromatic heterocycles. The predicted octanol–water partition coefficient (Wildman–Crippen LogP) is 1.10. The number of halogens is 1. The quantitative estimate of drug-likeness (QED) is 0.782. The number of aromatic nitrogens is 3. The normalized spacial score (nSPS) is 10.9. The maximum atomic E-state index is 5.69. The first-order valence-corrected chi connectivity index (χ1v) is 4.33. The Kier molecular flexibility index (Phi) is 2.16. The zero-order chi connectivity index (χ0) is 9.26. The van der Waals surface area contributed by atoms with E-state index in [-0.39, 0.29) is 5.28 Å². The Morgan fingerprint density at radius 3 is 3.23 bits per heavy atom. The van der Waals surface area contributed by atoms with Crippen LogP contribution in [0.2, 0.25) is 5.28 Å². The highest BCUT2D eigenvalue weighted by Crippen LogP contribution is 2.10. The van der Waals surface area contributed by atoms with Gasteiger partial charge in [-0.3, -0.25) is 0 Å². The van der Waals surface area contributed by atoms with Gasteiger partial charge in [-0.25, -0.2) is 4.52 Å². The van der Waals surface area contributed by atoms with E-state index in [1.165, 1.54) is 0 Å². The Hall–Kier alpha value is -1.13. The van der Waals surface area contributed by atoms with Crippen molar-refractivity contribution in [1.29, 1.82) is 0 Å². The average molecular weight is 197 g/mol. The fourth-order valence-corrected chi connectivity index (χ4v) is 1.43. The van der Waals surface area contributed by atoms with Gasteiger partial charge in [0.25, 0.3) is 0 Å². The Morgan fingerprint density at radius 1 is 1.62 bits per heavy atom. The molecule has 13 heavy (non-hydrogen) atoms. The van der Waals surface area contributed by atoms with Crippen LogP contribution < -0.4 is 5.32 Å². The van der Waals surface area contributed by atoms with Crippen LogP contribution in [-0.4, -0.2) is 21.6 Å². The van der Waals surface area contributed by atoms with Gasteiger partial charge >= 0.3 is 0 Å². The second-order valence-corrected chi connectivity index (χ2v) is 3.05. The molecular weight excluding hydrogens is 188 g/mol. The van der Waals surface area contributed by atoms with Crippen LogP contribution in [0.3, 0.4) is 0 Å². The number of hydrogen-bond acceptors (Lipinski definition) is 3. The molecule has 0 bridgehead atoms. The van der Waals surface area contributed by atoms with Crippen molar-refractivity contribution >= 4 is 17.2 Å². The van der Waals surface area contributed by atoms with E-state index in [4.69, 9.17) is 11.6 Å². The highest BCUT2D eigenvalue weighted by molar-refractivity contribution is 6.28. The van der Waals surface area contributed by atoms with Crippen LogP contribution >= 0.6 is 11.6 Å². The van der Waals surface area contributed by atoms with Crippen molar-refractivity contribution < 1.29 is 0 Å². The topological polar surface area (TPSA) is 42.2 Å². The molecule has 68 valence electrons. The maximum absolute atomic E-state index is 5.69. The molecule has 0 saturated heterocycles. The minimum atomic E-state index is 0.281. The van der Waals surface area contributed by atoms with Crippen molar-refractivity contribution in [2.24, 2.45) is 0 Å². The van der Waals surface area contributed by atoms with E-state index in [1.54, 1.807) is 4.52 Å². The van der Waals surface area contributed by atoms with Gasteiger partial charge in [0, 0.05) is 18.3 Å². The molecule has 2 heterocycles. The lowest BCUT2D eigenvalue weighted by atomic mass is 10.3. The molecule has 1 N–H and O–H groups in total. The van der Waals surface area contributed by atoms with E-state index in [0.29, 0.717) is 0 Å². The molecule has 2 aromatic rings. The first-order chi connectivity index (χ1) is 6.31. The Balaban J connectivity index is 2.60. The van der Waals surface area contributed by atoms with E-state index in [2.05, 4.69) is 15.4 Å². The number of nitrogens with zero attached hydrogens (tertiary/aromatic N) is 3. The molecule has 2 rings (SSSR count). The van der Waals surface area contributed by atoms with Crippen LogP contribution in [0.1, 0.15) is 5.56 Å². The molecule has 0 aliphatic heterocycles.